The first-order valence-corrected chi connectivity index (χ1v) is 10.1. The molecule has 0 bridgehead atoms. The molecule has 2 unspecified atom stereocenters. The molecule has 0 aliphatic carbocycles. The highest BCUT2D eigenvalue weighted by atomic mass is 14.1. The quantitative estimate of drug-likeness (QED) is 0.268. The van der Waals surface area contributed by atoms with Gasteiger partial charge in [0, 0.05) is 0 Å². The molecule has 0 aromatic heterocycles. The third-order valence-electron chi connectivity index (χ3n) is 4.92. The predicted molar refractivity (Wildman–Crippen MR) is 98.9 cm³/mol. The first-order chi connectivity index (χ1) is 10.1. The summed E-state index contributed by atoms with van der Waals surface area (Å²) in [6.45, 7) is 11.9. The van der Waals surface area contributed by atoms with Gasteiger partial charge in [0.2, 0.25) is 0 Å². The summed E-state index contributed by atoms with van der Waals surface area (Å²) in [7, 11) is 0. The van der Waals surface area contributed by atoms with E-state index in [4.69, 9.17) is 0 Å². The number of rotatable bonds is 15. The van der Waals surface area contributed by atoms with Gasteiger partial charge in [0.15, 0.2) is 0 Å². The SMILES string of the molecule is CCCCCCCCC(C)CCCC(C)CCCC(C)C. The zero-order chi connectivity index (χ0) is 15.9. The minimum Gasteiger partial charge on any atom is -0.0654 e. The molecular formula is C21H44. The lowest BCUT2D eigenvalue weighted by atomic mass is 9.91. The Hall–Kier alpha value is 0. The van der Waals surface area contributed by atoms with Gasteiger partial charge in [0.25, 0.3) is 0 Å². The minimum absolute atomic E-state index is 0.884. The number of unbranched alkanes of at least 4 members (excludes halogenated alkanes) is 5. The molecule has 0 heteroatoms. The van der Waals surface area contributed by atoms with Crippen molar-refractivity contribution in [1.29, 1.82) is 0 Å². The molecule has 0 saturated heterocycles. The molecule has 0 aromatic rings. The molecule has 0 aliphatic rings. The van der Waals surface area contributed by atoms with Crippen molar-refractivity contribution in [1.82, 2.24) is 0 Å². The van der Waals surface area contributed by atoms with Gasteiger partial charge < -0.3 is 0 Å². The maximum Gasteiger partial charge on any atom is -0.0443 e. The third kappa shape index (κ3) is 16.2. The van der Waals surface area contributed by atoms with Gasteiger partial charge >= 0.3 is 0 Å². The molecule has 0 radical (unpaired) electrons. The van der Waals surface area contributed by atoms with Crippen LogP contribution in [0.25, 0.3) is 0 Å². The summed E-state index contributed by atoms with van der Waals surface area (Å²) in [4.78, 5) is 0. The summed E-state index contributed by atoms with van der Waals surface area (Å²) in [6, 6.07) is 0. The third-order valence-corrected chi connectivity index (χ3v) is 4.92. The maximum atomic E-state index is 2.47. The fourth-order valence-corrected chi connectivity index (χ4v) is 3.25. The van der Waals surface area contributed by atoms with Crippen LogP contribution in [0.3, 0.4) is 0 Å². The van der Waals surface area contributed by atoms with Crippen molar-refractivity contribution in [2.24, 2.45) is 17.8 Å². The van der Waals surface area contributed by atoms with Crippen LogP contribution in [0, 0.1) is 17.8 Å². The molecule has 0 spiro atoms. The summed E-state index contributed by atoms with van der Waals surface area (Å²) in [5, 5.41) is 0. The highest BCUT2D eigenvalue weighted by Crippen LogP contribution is 2.21. The molecular weight excluding hydrogens is 252 g/mol. The van der Waals surface area contributed by atoms with Crippen LogP contribution < -0.4 is 0 Å². The van der Waals surface area contributed by atoms with Gasteiger partial charge in [-0.2, -0.15) is 0 Å². The van der Waals surface area contributed by atoms with Crippen LogP contribution in [-0.2, 0) is 0 Å². The summed E-state index contributed by atoms with van der Waals surface area (Å²) in [5.74, 6) is 2.79. The van der Waals surface area contributed by atoms with Gasteiger partial charge in [-0.3, -0.25) is 0 Å². The van der Waals surface area contributed by atoms with E-state index in [1.54, 1.807) is 0 Å². The summed E-state index contributed by atoms with van der Waals surface area (Å²) in [6.07, 6.45) is 18.8. The Bertz CT molecular complexity index is 194. The Morgan fingerprint density at radius 2 is 0.905 bits per heavy atom. The van der Waals surface area contributed by atoms with Gasteiger partial charge in [-0.25, -0.2) is 0 Å². The normalized spacial score (nSPS) is 14.6. The van der Waals surface area contributed by atoms with Crippen molar-refractivity contribution in [3.63, 3.8) is 0 Å². The second-order valence-electron chi connectivity index (χ2n) is 8.02. The minimum atomic E-state index is 0.884. The topological polar surface area (TPSA) is 0 Å². The first kappa shape index (κ1) is 21.0. The van der Waals surface area contributed by atoms with Crippen LogP contribution in [0.4, 0.5) is 0 Å². The van der Waals surface area contributed by atoms with Crippen molar-refractivity contribution in [2.75, 3.05) is 0 Å². The summed E-state index contributed by atoms with van der Waals surface area (Å²) < 4.78 is 0. The van der Waals surface area contributed by atoms with E-state index in [1.165, 1.54) is 83.5 Å². The molecule has 0 aliphatic heterocycles. The van der Waals surface area contributed by atoms with Crippen molar-refractivity contribution < 1.29 is 0 Å². The molecule has 0 saturated carbocycles. The number of hydrogen-bond acceptors (Lipinski definition) is 0. The molecule has 0 amide bonds. The molecule has 0 heterocycles. The fourth-order valence-electron chi connectivity index (χ4n) is 3.25. The van der Waals surface area contributed by atoms with E-state index in [0.717, 1.165) is 17.8 Å². The molecule has 0 N–H and O–H groups in total. The zero-order valence-corrected chi connectivity index (χ0v) is 15.9. The van der Waals surface area contributed by atoms with Crippen molar-refractivity contribution in [2.45, 2.75) is 118 Å². The van der Waals surface area contributed by atoms with Crippen LogP contribution in [-0.4, -0.2) is 0 Å². The highest BCUT2D eigenvalue weighted by molar-refractivity contribution is 4.59. The lowest BCUT2D eigenvalue weighted by Crippen LogP contribution is -2.00. The van der Waals surface area contributed by atoms with E-state index >= 15 is 0 Å². The average molecular weight is 297 g/mol. The predicted octanol–water partition coefficient (Wildman–Crippen LogP) is 8.01. The van der Waals surface area contributed by atoms with Crippen molar-refractivity contribution in [3.8, 4) is 0 Å². The Morgan fingerprint density at radius 3 is 1.43 bits per heavy atom. The summed E-state index contributed by atoms with van der Waals surface area (Å²) >= 11 is 0. The van der Waals surface area contributed by atoms with Crippen LogP contribution in [0.5, 0.6) is 0 Å². The zero-order valence-electron chi connectivity index (χ0n) is 15.9. The van der Waals surface area contributed by atoms with E-state index in [2.05, 4.69) is 34.6 Å². The fraction of sp³-hybridized carbons (Fsp3) is 1.00. The van der Waals surface area contributed by atoms with Gasteiger partial charge in [-0.1, -0.05) is 118 Å². The second kappa shape index (κ2) is 14.9. The summed E-state index contributed by atoms with van der Waals surface area (Å²) in [5.41, 5.74) is 0. The Morgan fingerprint density at radius 1 is 0.476 bits per heavy atom. The Kier molecular flexibility index (Phi) is 14.9. The van der Waals surface area contributed by atoms with E-state index in [1.807, 2.05) is 0 Å². The molecule has 21 heavy (non-hydrogen) atoms. The van der Waals surface area contributed by atoms with Crippen LogP contribution >= 0.6 is 0 Å². The first-order valence-electron chi connectivity index (χ1n) is 10.1. The maximum absolute atomic E-state index is 2.47. The largest absolute Gasteiger partial charge is 0.0654 e. The van der Waals surface area contributed by atoms with E-state index < -0.39 is 0 Å². The van der Waals surface area contributed by atoms with Gasteiger partial charge in [-0.15, -0.1) is 0 Å². The molecule has 0 nitrogen and oxygen atoms in total. The van der Waals surface area contributed by atoms with Gasteiger partial charge in [-0.05, 0) is 17.8 Å². The standard InChI is InChI=1S/C21H44/c1-6-7-8-9-10-11-15-20(4)17-13-18-21(5)16-12-14-19(2)3/h19-21H,6-18H2,1-5H3. The molecule has 0 aromatic carbocycles. The van der Waals surface area contributed by atoms with Crippen molar-refractivity contribution in [3.05, 3.63) is 0 Å². The monoisotopic (exact) mass is 296 g/mol. The number of hydrogen-bond donors (Lipinski definition) is 0. The van der Waals surface area contributed by atoms with Gasteiger partial charge in [0.1, 0.15) is 0 Å². The molecule has 0 fully saturated rings. The molecule has 0 rings (SSSR count). The highest BCUT2D eigenvalue weighted by Gasteiger charge is 2.06. The van der Waals surface area contributed by atoms with Crippen LogP contribution in [0.1, 0.15) is 118 Å². The van der Waals surface area contributed by atoms with E-state index in [9.17, 15) is 0 Å². The van der Waals surface area contributed by atoms with Crippen LogP contribution in [0.2, 0.25) is 0 Å². The molecule has 2 atom stereocenters. The average Bonchev–Trinajstić information content (AvgIpc) is 2.42. The lowest BCUT2D eigenvalue weighted by Gasteiger charge is -2.15. The van der Waals surface area contributed by atoms with Crippen LogP contribution in [0.15, 0.2) is 0 Å². The van der Waals surface area contributed by atoms with Crippen molar-refractivity contribution >= 4 is 0 Å². The Balaban J connectivity index is 3.33. The lowest BCUT2D eigenvalue weighted by molar-refractivity contribution is 0.385. The second-order valence-corrected chi connectivity index (χ2v) is 8.02. The molecule has 128 valence electrons. The van der Waals surface area contributed by atoms with Gasteiger partial charge in [0.05, 0.1) is 0 Å². The smallest absolute Gasteiger partial charge is 0.0443 e. The Labute approximate surface area is 136 Å². The van der Waals surface area contributed by atoms with E-state index in [0.29, 0.717) is 0 Å². The van der Waals surface area contributed by atoms with E-state index in [-0.39, 0.29) is 0 Å².